The van der Waals surface area contributed by atoms with Gasteiger partial charge in [-0.1, -0.05) is 66.7 Å². The number of nitrogens with one attached hydrogen (secondary N) is 2. The van der Waals surface area contributed by atoms with Crippen molar-refractivity contribution in [1.29, 1.82) is 0 Å². The molecule has 0 bridgehead atoms. The third-order valence-electron chi connectivity index (χ3n) is 4.29. The van der Waals surface area contributed by atoms with Crippen LogP contribution in [0.5, 0.6) is 0 Å². The van der Waals surface area contributed by atoms with E-state index in [-0.39, 0.29) is 0 Å². The van der Waals surface area contributed by atoms with Crippen LogP contribution in [0.1, 0.15) is 22.9 Å². The quantitative estimate of drug-likeness (QED) is 0.758. The number of rotatable bonds is 3. The number of anilines is 1. The van der Waals surface area contributed by atoms with Gasteiger partial charge in [0.15, 0.2) is 0 Å². The molecule has 0 radical (unpaired) electrons. The second-order valence-corrected chi connectivity index (χ2v) is 7.78. The predicted molar refractivity (Wildman–Crippen MR) is 98.8 cm³/mol. The first-order chi connectivity index (χ1) is 12.1. The number of fused-ring (bicyclic) bond motifs is 1. The molecule has 0 aromatic heterocycles. The minimum absolute atomic E-state index is 0.299. The lowest BCUT2D eigenvalue weighted by molar-refractivity contribution is 0.562. The van der Waals surface area contributed by atoms with Crippen molar-refractivity contribution in [3.63, 3.8) is 0 Å². The molecular weight excluding hydrogens is 332 g/mol. The zero-order valence-electron chi connectivity index (χ0n) is 13.5. The molecule has 1 aliphatic rings. The number of benzene rings is 3. The smallest absolute Gasteiger partial charge is 0.244 e. The van der Waals surface area contributed by atoms with Crippen LogP contribution in [0.15, 0.2) is 83.8 Å². The summed E-state index contributed by atoms with van der Waals surface area (Å²) in [7, 11) is -3.57. The molecule has 1 unspecified atom stereocenters. The van der Waals surface area contributed by atoms with Crippen LogP contribution in [0.3, 0.4) is 0 Å². The van der Waals surface area contributed by atoms with Crippen molar-refractivity contribution in [2.45, 2.75) is 17.5 Å². The monoisotopic (exact) mass is 350 g/mol. The molecule has 0 saturated carbocycles. The van der Waals surface area contributed by atoms with Gasteiger partial charge in [0, 0.05) is 0 Å². The Morgan fingerprint density at radius 3 is 2.20 bits per heavy atom. The van der Waals surface area contributed by atoms with E-state index < -0.39 is 16.2 Å². The Bertz CT molecular complexity index is 987. The molecule has 0 saturated heterocycles. The Kier molecular flexibility index (Phi) is 4.03. The zero-order valence-corrected chi connectivity index (χ0v) is 14.3. The lowest BCUT2D eigenvalue weighted by atomic mass is 10.0. The molecular formula is C20H18N2O2S. The van der Waals surface area contributed by atoms with E-state index in [4.69, 9.17) is 0 Å². The maximum Gasteiger partial charge on any atom is 0.244 e. The Morgan fingerprint density at radius 2 is 1.48 bits per heavy atom. The first-order valence-corrected chi connectivity index (χ1v) is 9.61. The van der Waals surface area contributed by atoms with Crippen molar-refractivity contribution in [3.8, 4) is 0 Å². The summed E-state index contributed by atoms with van der Waals surface area (Å²) in [5, 5.41) is 3.27. The van der Waals surface area contributed by atoms with E-state index in [2.05, 4.69) is 10.0 Å². The summed E-state index contributed by atoms with van der Waals surface area (Å²) in [6, 6.07) is 25.1. The SMILES string of the molecule is O=S1(=O)NC(c2ccccc2)Nc2ccc(Cc3ccccc3)cc21. The summed E-state index contributed by atoms with van der Waals surface area (Å²) in [5.41, 5.74) is 3.63. The van der Waals surface area contributed by atoms with Crippen LogP contribution in [-0.2, 0) is 16.4 Å². The Balaban J connectivity index is 1.67. The number of sulfonamides is 1. The van der Waals surface area contributed by atoms with E-state index >= 15 is 0 Å². The van der Waals surface area contributed by atoms with Gasteiger partial charge in [0.05, 0.1) is 5.69 Å². The van der Waals surface area contributed by atoms with Gasteiger partial charge >= 0.3 is 0 Å². The minimum atomic E-state index is -3.57. The zero-order chi connectivity index (χ0) is 17.3. The van der Waals surface area contributed by atoms with E-state index in [1.54, 1.807) is 6.07 Å². The lowest BCUT2D eigenvalue weighted by Gasteiger charge is -2.28. The van der Waals surface area contributed by atoms with Gasteiger partial charge in [0.25, 0.3) is 0 Å². The summed E-state index contributed by atoms with van der Waals surface area (Å²) in [5.74, 6) is 0. The van der Waals surface area contributed by atoms with Gasteiger partial charge in [0.2, 0.25) is 10.0 Å². The van der Waals surface area contributed by atoms with Crippen LogP contribution in [-0.4, -0.2) is 8.42 Å². The standard InChI is InChI=1S/C20H18N2O2S/c23-25(24)19-14-16(13-15-7-3-1-4-8-15)11-12-18(19)21-20(22-25)17-9-5-2-6-10-17/h1-12,14,20-22H,13H2. The number of hydrogen-bond acceptors (Lipinski definition) is 3. The highest BCUT2D eigenvalue weighted by molar-refractivity contribution is 7.89. The van der Waals surface area contributed by atoms with E-state index in [9.17, 15) is 8.42 Å². The summed E-state index contributed by atoms with van der Waals surface area (Å²) in [4.78, 5) is 0.299. The molecule has 4 nitrogen and oxygen atoms in total. The van der Waals surface area contributed by atoms with Crippen LogP contribution in [0.25, 0.3) is 0 Å². The second kappa shape index (κ2) is 6.35. The number of hydrogen-bond donors (Lipinski definition) is 2. The van der Waals surface area contributed by atoms with Crippen molar-refractivity contribution in [3.05, 3.63) is 95.6 Å². The molecule has 2 N–H and O–H groups in total. The summed E-state index contributed by atoms with van der Waals surface area (Å²) >= 11 is 0. The summed E-state index contributed by atoms with van der Waals surface area (Å²) in [6.07, 6.45) is 0.241. The normalized spacial score (nSPS) is 18.2. The molecule has 0 spiro atoms. The maximum atomic E-state index is 12.7. The molecule has 1 aliphatic heterocycles. The van der Waals surface area contributed by atoms with Crippen LogP contribution in [0.2, 0.25) is 0 Å². The first kappa shape index (κ1) is 15.9. The third-order valence-corrected chi connectivity index (χ3v) is 5.76. The van der Waals surface area contributed by atoms with Crippen LogP contribution in [0, 0.1) is 0 Å². The molecule has 4 rings (SSSR count). The average Bonchev–Trinajstić information content (AvgIpc) is 2.63. The third kappa shape index (κ3) is 3.29. The van der Waals surface area contributed by atoms with Crippen molar-refractivity contribution < 1.29 is 8.42 Å². The minimum Gasteiger partial charge on any atom is -0.364 e. The van der Waals surface area contributed by atoms with Gasteiger partial charge in [-0.25, -0.2) is 8.42 Å². The molecule has 5 heteroatoms. The van der Waals surface area contributed by atoms with Crippen molar-refractivity contribution in [2.75, 3.05) is 5.32 Å². The van der Waals surface area contributed by atoms with Crippen LogP contribution in [0.4, 0.5) is 5.69 Å². The molecule has 3 aromatic rings. The predicted octanol–water partition coefficient (Wildman–Crippen LogP) is 3.68. The molecule has 3 aromatic carbocycles. The van der Waals surface area contributed by atoms with E-state index in [1.807, 2.05) is 72.8 Å². The molecule has 25 heavy (non-hydrogen) atoms. The van der Waals surface area contributed by atoms with Gasteiger partial charge in [-0.15, -0.1) is 0 Å². The second-order valence-electron chi connectivity index (χ2n) is 6.10. The van der Waals surface area contributed by atoms with Gasteiger partial charge in [-0.3, -0.25) is 0 Å². The van der Waals surface area contributed by atoms with Crippen LogP contribution < -0.4 is 10.0 Å². The fraction of sp³-hybridized carbons (Fsp3) is 0.100. The Morgan fingerprint density at radius 1 is 0.800 bits per heavy atom. The summed E-state index contributed by atoms with van der Waals surface area (Å²) in [6.45, 7) is 0. The first-order valence-electron chi connectivity index (χ1n) is 8.12. The molecule has 0 fully saturated rings. The Labute approximate surface area is 147 Å². The van der Waals surface area contributed by atoms with Crippen molar-refractivity contribution >= 4 is 15.7 Å². The molecule has 1 heterocycles. The molecule has 1 atom stereocenters. The van der Waals surface area contributed by atoms with Gasteiger partial charge in [-0.2, -0.15) is 4.72 Å². The molecule has 126 valence electrons. The van der Waals surface area contributed by atoms with Crippen LogP contribution >= 0.6 is 0 Å². The lowest BCUT2D eigenvalue weighted by Crippen LogP contribution is -2.38. The van der Waals surface area contributed by atoms with Gasteiger partial charge in [0.1, 0.15) is 11.1 Å². The Hall–Kier alpha value is -2.63. The van der Waals surface area contributed by atoms with E-state index in [1.165, 1.54) is 0 Å². The van der Waals surface area contributed by atoms with Gasteiger partial charge < -0.3 is 5.32 Å². The van der Waals surface area contributed by atoms with Crippen molar-refractivity contribution in [2.24, 2.45) is 0 Å². The molecule has 0 amide bonds. The topological polar surface area (TPSA) is 58.2 Å². The van der Waals surface area contributed by atoms with E-state index in [0.717, 1.165) is 16.7 Å². The largest absolute Gasteiger partial charge is 0.364 e. The fourth-order valence-electron chi connectivity index (χ4n) is 3.05. The fourth-order valence-corrected chi connectivity index (χ4v) is 4.41. The average molecular weight is 350 g/mol. The highest BCUT2D eigenvalue weighted by atomic mass is 32.2. The van der Waals surface area contributed by atoms with Gasteiger partial charge in [-0.05, 0) is 35.2 Å². The highest BCUT2D eigenvalue weighted by Gasteiger charge is 2.30. The highest BCUT2D eigenvalue weighted by Crippen LogP contribution is 2.32. The van der Waals surface area contributed by atoms with Crippen molar-refractivity contribution in [1.82, 2.24) is 4.72 Å². The molecule has 0 aliphatic carbocycles. The summed E-state index contributed by atoms with van der Waals surface area (Å²) < 4.78 is 28.1. The maximum absolute atomic E-state index is 12.7. The van der Waals surface area contributed by atoms with E-state index in [0.29, 0.717) is 17.0 Å².